The van der Waals surface area contributed by atoms with Crippen LogP contribution in [0.15, 0.2) is 48.7 Å². The third kappa shape index (κ3) is 4.73. The molecule has 128 valence electrons. The molecule has 7 heteroatoms. The lowest BCUT2D eigenvalue weighted by molar-refractivity contribution is 0.0521. The summed E-state index contributed by atoms with van der Waals surface area (Å²) in [7, 11) is 0. The highest BCUT2D eigenvalue weighted by molar-refractivity contribution is 5.94. The van der Waals surface area contributed by atoms with Gasteiger partial charge in [-0.05, 0) is 24.6 Å². The van der Waals surface area contributed by atoms with E-state index in [1.165, 1.54) is 18.3 Å². The van der Waals surface area contributed by atoms with Crippen molar-refractivity contribution in [2.24, 2.45) is 0 Å². The summed E-state index contributed by atoms with van der Waals surface area (Å²) in [5, 5.41) is 13.0. The lowest BCUT2D eigenvalue weighted by atomic mass is 9.96. The number of carbonyl (C=O) groups excluding carboxylic acids is 1. The van der Waals surface area contributed by atoms with Gasteiger partial charge >= 0.3 is 0 Å². The molecule has 1 atom stereocenters. The minimum absolute atomic E-state index is 0.0327. The van der Waals surface area contributed by atoms with Crippen LogP contribution < -0.4 is 10.1 Å². The molecule has 1 unspecified atom stereocenters. The van der Waals surface area contributed by atoms with E-state index in [0.29, 0.717) is 5.56 Å². The second kappa shape index (κ2) is 7.83. The first kappa shape index (κ1) is 17.8. The van der Waals surface area contributed by atoms with Crippen molar-refractivity contribution in [3.05, 3.63) is 59.9 Å². The van der Waals surface area contributed by atoms with Crippen LogP contribution in [0, 0.1) is 0 Å². The van der Waals surface area contributed by atoms with Gasteiger partial charge in [-0.2, -0.15) is 0 Å². The topological polar surface area (TPSA) is 71.5 Å². The highest BCUT2D eigenvalue weighted by Crippen LogP contribution is 2.20. The van der Waals surface area contributed by atoms with Crippen LogP contribution in [-0.4, -0.2) is 35.6 Å². The maximum absolute atomic E-state index is 12.3. The molecule has 2 rings (SSSR count). The Labute approximate surface area is 138 Å². The van der Waals surface area contributed by atoms with E-state index in [-0.39, 0.29) is 18.0 Å². The van der Waals surface area contributed by atoms with Crippen LogP contribution in [0.25, 0.3) is 0 Å². The van der Waals surface area contributed by atoms with Crippen LogP contribution in [0.1, 0.15) is 23.0 Å². The lowest BCUT2D eigenvalue weighted by Crippen LogP contribution is -2.39. The summed E-state index contributed by atoms with van der Waals surface area (Å²) in [5.74, 6) is -0.647. The number of hydrogen-bond acceptors (Lipinski definition) is 4. The third-order valence-corrected chi connectivity index (χ3v) is 3.34. The van der Waals surface area contributed by atoms with E-state index >= 15 is 0 Å². The predicted octanol–water partition coefficient (Wildman–Crippen LogP) is 2.36. The monoisotopic (exact) mass is 336 g/mol. The molecule has 0 aliphatic carbocycles. The summed E-state index contributed by atoms with van der Waals surface area (Å²) in [5.41, 5.74) is -0.752. The van der Waals surface area contributed by atoms with Gasteiger partial charge in [-0.1, -0.05) is 30.3 Å². The number of carbonyl (C=O) groups is 1. The molecule has 0 aliphatic rings. The predicted molar refractivity (Wildman–Crippen MR) is 84.1 cm³/mol. The SMILES string of the molecule is CC(O)(CNC(=O)c1ncccc1OCC(F)F)c1ccccc1. The van der Waals surface area contributed by atoms with Gasteiger partial charge in [-0.15, -0.1) is 0 Å². The van der Waals surface area contributed by atoms with Crippen molar-refractivity contribution in [1.29, 1.82) is 0 Å². The van der Waals surface area contributed by atoms with E-state index in [1.807, 2.05) is 6.07 Å². The molecule has 0 saturated heterocycles. The van der Waals surface area contributed by atoms with Gasteiger partial charge in [0.05, 0.1) is 6.54 Å². The zero-order valence-corrected chi connectivity index (χ0v) is 13.1. The molecule has 2 N–H and O–H groups in total. The number of hydrogen-bond donors (Lipinski definition) is 2. The molecule has 5 nitrogen and oxygen atoms in total. The number of ether oxygens (including phenoxy) is 1. The number of benzene rings is 1. The second-order valence-corrected chi connectivity index (χ2v) is 5.37. The van der Waals surface area contributed by atoms with Gasteiger partial charge in [0.2, 0.25) is 0 Å². The Bertz CT molecular complexity index is 679. The molecular formula is C17H18F2N2O3. The fourth-order valence-electron chi connectivity index (χ4n) is 2.07. The van der Waals surface area contributed by atoms with Gasteiger partial charge in [0.15, 0.2) is 11.4 Å². The van der Waals surface area contributed by atoms with E-state index < -0.39 is 24.5 Å². The first-order valence-corrected chi connectivity index (χ1v) is 7.32. The lowest BCUT2D eigenvalue weighted by Gasteiger charge is -2.24. The zero-order chi connectivity index (χ0) is 17.6. The number of nitrogens with one attached hydrogen (secondary N) is 1. The van der Waals surface area contributed by atoms with E-state index in [9.17, 15) is 18.7 Å². The van der Waals surface area contributed by atoms with Gasteiger partial charge < -0.3 is 15.2 Å². The Morgan fingerprint density at radius 2 is 2.00 bits per heavy atom. The zero-order valence-electron chi connectivity index (χ0n) is 13.1. The smallest absolute Gasteiger partial charge is 0.273 e. The molecule has 0 spiro atoms. The van der Waals surface area contributed by atoms with Crippen molar-refractivity contribution in [3.8, 4) is 5.75 Å². The van der Waals surface area contributed by atoms with Crippen molar-refractivity contribution in [1.82, 2.24) is 10.3 Å². The number of nitrogens with zero attached hydrogens (tertiary/aromatic N) is 1. The van der Waals surface area contributed by atoms with Crippen molar-refractivity contribution in [2.75, 3.05) is 13.2 Å². The van der Waals surface area contributed by atoms with E-state index in [0.717, 1.165) is 0 Å². The summed E-state index contributed by atoms with van der Waals surface area (Å²) >= 11 is 0. The normalized spacial score (nSPS) is 13.4. The molecule has 1 aromatic heterocycles. The number of aromatic nitrogens is 1. The molecular weight excluding hydrogens is 318 g/mol. The molecule has 1 heterocycles. The molecule has 0 saturated carbocycles. The summed E-state index contributed by atoms with van der Waals surface area (Å²) in [6.07, 6.45) is -1.29. The number of rotatable bonds is 7. The Morgan fingerprint density at radius 1 is 1.29 bits per heavy atom. The molecule has 1 amide bonds. The van der Waals surface area contributed by atoms with Crippen molar-refractivity contribution >= 4 is 5.91 Å². The minimum atomic E-state index is -2.65. The van der Waals surface area contributed by atoms with E-state index in [2.05, 4.69) is 10.3 Å². The quantitative estimate of drug-likeness (QED) is 0.814. The third-order valence-electron chi connectivity index (χ3n) is 3.34. The molecule has 2 aromatic rings. The van der Waals surface area contributed by atoms with Gasteiger partial charge in [0.25, 0.3) is 12.3 Å². The first-order valence-electron chi connectivity index (χ1n) is 7.32. The largest absolute Gasteiger partial charge is 0.485 e. The molecule has 24 heavy (non-hydrogen) atoms. The Hall–Kier alpha value is -2.54. The fraction of sp³-hybridized carbons (Fsp3) is 0.294. The summed E-state index contributed by atoms with van der Waals surface area (Å²) in [6.45, 7) is 0.670. The fourth-order valence-corrected chi connectivity index (χ4v) is 2.07. The maximum atomic E-state index is 12.3. The summed E-state index contributed by atoms with van der Waals surface area (Å²) in [4.78, 5) is 16.1. The van der Waals surface area contributed by atoms with Gasteiger partial charge in [-0.25, -0.2) is 13.8 Å². The number of halogens is 2. The highest BCUT2D eigenvalue weighted by Gasteiger charge is 2.25. The minimum Gasteiger partial charge on any atom is -0.485 e. The van der Waals surface area contributed by atoms with Gasteiger partial charge in [0, 0.05) is 6.20 Å². The van der Waals surface area contributed by atoms with Crippen LogP contribution in [0.5, 0.6) is 5.75 Å². The number of alkyl halides is 2. The van der Waals surface area contributed by atoms with Crippen LogP contribution >= 0.6 is 0 Å². The van der Waals surface area contributed by atoms with Gasteiger partial charge in [0.1, 0.15) is 12.2 Å². The molecule has 0 radical (unpaired) electrons. The Balaban J connectivity index is 2.05. The average Bonchev–Trinajstić information content (AvgIpc) is 2.59. The molecule has 0 fully saturated rings. The molecule has 1 aromatic carbocycles. The Morgan fingerprint density at radius 3 is 2.67 bits per heavy atom. The first-order chi connectivity index (χ1) is 11.4. The van der Waals surface area contributed by atoms with Crippen LogP contribution in [-0.2, 0) is 5.60 Å². The molecule has 0 aliphatic heterocycles. The van der Waals surface area contributed by atoms with E-state index in [4.69, 9.17) is 4.74 Å². The van der Waals surface area contributed by atoms with Crippen LogP contribution in [0.4, 0.5) is 8.78 Å². The van der Waals surface area contributed by atoms with Crippen LogP contribution in [0.2, 0.25) is 0 Å². The molecule has 0 bridgehead atoms. The number of pyridine rings is 1. The average molecular weight is 336 g/mol. The highest BCUT2D eigenvalue weighted by atomic mass is 19.3. The second-order valence-electron chi connectivity index (χ2n) is 5.37. The maximum Gasteiger partial charge on any atom is 0.273 e. The standard InChI is InChI=1S/C17H18F2N2O3/c1-17(23,12-6-3-2-4-7-12)11-21-16(22)15-13(8-5-9-20-15)24-10-14(18)19/h2-9,14,23H,10-11H2,1H3,(H,21,22). The van der Waals surface area contributed by atoms with Crippen molar-refractivity contribution in [3.63, 3.8) is 0 Å². The number of amides is 1. The van der Waals surface area contributed by atoms with Gasteiger partial charge in [-0.3, -0.25) is 4.79 Å². The van der Waals surface area contributed by atoms with Crippen molar-refractivity contribution in [2.45, 2.75) is 19.0 Å². The summed E-state index contributed by atoms with van der Waals surface area (Å²) < 4.78 is 29.4. The van der Waals surface area contributed by atoms with Crippen molar-refractivity contribution < 1.29 is 23.4 Å². The van der Waals surface area contributed by atoms with Crippen LogP contribution in [0.3, 0.4) is 0 Å². The summed E-state index contributed by atoms with van der Waals surface area (Å²) in [6, 6.07) is 11.7. The van der Waals surface area contributed by atoms with E-state index in [1.54, 1.807) is 31.2 Å². The number of aliphatic hydroxyl groups is 1. The Kier molecular flexibility index (Phi) is 5.81.